The van der Waals surface area contributed by atoms with Crippen molar-refractivity contribution in [3.63, 3.8) is 0 Å². The number of sulfone groups is 1. The Bertz CT molecular complexity index is 1020. The van der Waals surface area contributed by atoms with Crippen molar-refractivity contribution in [2.75, 3.05) is 24.4 Å². The zero-order chi connectivity index (χ0) is 23.2. The van der Waals surface area contributed by atoms with Crippen molar-refractivity contribution in [3.05, 3.63) is 59.7 Å². The van der Waals surface area contributed by atoms with Gasteiger partial charge in [-0.3, -0.25) is 9.59 Å². The van der Waals surface area contributed by atoms with Gasteiger partial charge in [-0.25, -0.2) is 8.42 Å². The Labute approximate surface area is 184 Å². The maximum absolute atomic E-state index is 12.9. The van der Waals surface area contributed by atoms with Crippen LogP contribution in [-0.2, 0) is 20.0 Å². The van der Waals surface area contributed by atoms with Crippen LogP contribution in [0.2, 0.25) is 0 Å². The Balaban J connectivity index is 2.20. The molecule has 0 fully saturated rings. The number of carbonyl (C=O) groups is 2. The molecule has 1 atom stereocenters. The van der Waals surface area contributed by atoms with Crippen LogP contribution in [0.5, 0.6) is 5.75 Å². The smallest absolute Gasteiger partial charge is 0.255 e. The maximum Gasteiger partial charge on any atom is 0.255 e. The Hall–Kier alpha value is -2.87. The van der Waals surface area contributed by atoms with Crippen LogP contribution in [-0.4, -0.2) is 45.4 Å². The van der Waals surface area contributed by atoms with E-state index in [1.807, 2.05) is 12.1 Å². The summed E-state index contributed by atoms with van der Waals surface area (Å²) in [6.45, 7) is 6.28. The van der Waals surface area contributed by atoms with Gasteiger partial charge in [-0.1, -0.05) is 45.0 Å². The molecule has 8 heteroatoms. The van der Waals surface area contributed by atoms with Gasteiger partial charge in [0.25, 0.3) is 5.91 Å². The summed E-state index contributed by atoms with van der Waals surface area (Å²) in [6, 6.07) is 13.0. The standard InChI is InChI=1S/C23H30N2O5S/c1-23(2,3)16-10-12-17(13-11-16)24-22(27)19(14-15-31(5,28)29)25-21(26)18-8-6-7-9-20(18)30-4/h6-13,19H,14-15H2,1-5H3,(H,24,27)(H,25,26). The number of anilines is 1. The van der Waals surface area contributed by atoms with Crippen LogP contribution in [0, 0.1) is 0 Å². The summed E-state index contributed by atoms with van der Waals surface area (Å²) in [5.41, 5.74) is 1.91. The van der Waals surface area contributed by atoms with E-state index in [9.17, 15) is 18.0 Å². The molecule has 2 aromatic rings. The Morgan fingerprint density at radius 2 is 1.65 bits per heavy atom. The van der Waals surface area contributed by atoms with E-state index in [-0.39, 0.29) is 23.2 Å². The minimum atomic E-state index is -3.32. The molecule has 0 aliphatic carbocycles. The normalized spacial score (nSPS) is 12.7. The highest BCUT2D eigenvalue weighted by Gasteiger charge is 2.24. The van der Waals surface area contributed by atoms with E-state index in [1.54, 1.807) is 36.4 Å². The fourth-order valence-electron chi connectivity index (χ4n) is 2.95. The summed E-state index contributed by atoms with van der Waals surface area (Å²) in [5.74, 6) is -0.884. The molecule has 0 aliphatic rings. The first-order valence-electron chi connectivity index (χ1n) is 9.94. The van der Waals surface area contributed by atoms with Crippen LogP contribution < -0.4 is 15.4 Å². The summed E-state index contributed by atoms with van der Waals surface area (Å²) in [7, 11) is -1.87. The molecule has 2 aromatic carbocycles. The first kappa shape index (κ1) is 24.4. The van der Waals surface area contributed by atoms with Crippen LogP contribution in [0.1, 0.15) is 43.1 Å². The lowest BCUT2D eigenvalue weighted by molar-refractivity contribution is -0.118. The highest BCUT2D eigenvalue weighted by molar-refractivity contribution is 7.90. The van der Waals surface area contributed by atoms with Gasteiger partial charge in [0, 0.05) is 11.9 Å². The summed E-state index contributed by atoms with van der Waals surface area (Å²) < 4.78 is 28.5. The van der Waals surface area contributed by atoms with Gasteiger partial charge in [-0.2, -0.15) is 0 Å². The molecule has 1 unspecified atom stereocenters. The zero-order valence-electron chi connectivity index (χ0n) is 18.6. The van der Waals surface area contributed by atoms with Crippen molar-refractivity contribution in [1.29, 1.82) is 0 Å². The number of ether oxygens (including phenoxy) is 1. The first-order chi connectivity index (χ1) is 14.4. The second-order valence-corrected chi connectivity index (χ2v) is 10.7. The lowest BCUT2D eigenvalue weighted by atomic mass is 9.87. The van der Waals surface area contributed by atoms with E-state index in [2.05, 4.69) is 31.4 Å². The summed E-state index contributed by atoms with van der Waals surface area (Å²) >= 11 is 0. The number of rotatable bonds is 8. The van der Waals surface area contributed by atoms with E-state index in [1.165, 1.54) is 7.11 Å². The third-order valence-electron chi connectivity index (χ3n) is 4.77. The fourth-order valence-corrected chi connectivity index (χ4v) is 3.62. The van der Waals surface area contributed by atoms with Gasteiger partial charge in [-0.05, 0) is 41.7 Å². The first-order valence-corrected chi connectivity index (χ1v) is 12.0. The molecule has 0 aliphatic heterocycles. The molecule has 168 valence electrons. The van der Waals surface area contributed by atoms with Crippen molar-refractivity contribution < 1.29 is 22.7 Å². The molecule has 0 bridgehead atoms. The van der Waals surface area contributed by atoms with Crippen molar-refractivity contribution >= 4 is 27.3 Å². The van der Waals surface area contributed by atoms with Gasteiger partial charge >= 0.3 is 0 Å². The number of benzene rings is 2. The predicted octanol–water partition coefficient (Wildman–Crippen LogP) is 3.16. The lowest BCUT2D eigenvalue weighted by Gasteiger charge is -2.21. The number of para-hydroxylation sites is 1. The molecule has 0 aromatic heterocycles. The summed E-state index contributed by atoms with van der Waals surface area (Å²) in [5, 5.41) is 5.40. The highest BCUT2D eigenvalue weighted by atomic mass is 32.2. The SMILES string of the molecule is COc1ccccc1C(=O)NC(CCS(C)(=O)=O)C(=O)Nc1ccc(C(C)(C)C)cc1. The topological polar surface area (TPSA) is 102 Å². The number of hydrogen-bond donors (Lipinski definition) is 2. The van der Waals surface area contributed by atoms with Crippen LogP contribution in [0.25, 0.3) is 0 Å². The quantitative estimate of drug-likeness (QED) is 0.649. The number of hydrogen-bond acceptors (Lipinski definition) is 5. The largest absolute Gasteiger partial charge is 0.496 e. The third-order valence-corrected chi connectivity index (χ3v) is 5.75. The molecule has 0 heterocycles. The van der Waals surface area contributed by atoms with Gasteiger partial charge < -0.3 is 15.4 Å². The number of carbonyl (C=O) groups excluding carboxylic acids is 2. The molecule has 2 N–H and O–H groups in total. The van der Waals surface area contributed by atoms with Gasteiger partial charge in [0.05, 0.1) is 18.4 Å². The number of amides is 2. The van der Waals surface area contributed by atoms with Gasteiger partial charge in [-0.15, -0.1) is 0 Å². The molecule has 31 heavy (non-hydrogen) atoms. The summed E-state index contributed by atoms with van der Waals surface area (Å²) in [4.78, 5) is 25.6. The Morgan fingerprint density at radius 3 is 2.19 bits per heavy atom. The van der Waals surface area contributed by atoms with E-state index in [0.717, 1.165) is 11.8 Å². The van der Waals surface area contributed by atoms with E-state index < -0.39 is 27.7 Å². The average Bonchev–Trinajstić information content (AvgIpc) is 2.69. The monoisotopic (exact) mass is 446 g/mol. The van der Waals surface area contributed by atoms with Crippen molar-refractivity contribution in [2.24, 2.45) is 0 Å². The summed E-state index contributed by atoms with van der Waals surface area (Å²) in [6.07, 6.45) is 1.04. The van der Waals surface area contributed by atoms with Crippen LogP contribution >= 0.6 is 0 Å². The molecule has 7 nitrogen and oxygen atoms in total. The molecular weight excluding hydrogens is 416 g/mol. The van der Waals surface area contributed by atoms with Crippen LogP contribution in [0.15, 0.2) is 48.5 Å². The molecule has 0 saturated heterocycles. The second kappa shape index (κ2) is 9.96. The maximum atomic E-state index is 12.9. The van der Waals surface area contributed by atoms with Gasteiger partial charge in [0.2, 0.25) is 5.91 Å². The average molecular weight is 447 g/mol. The molecule has 2 amide bonds. The third kappa shape index (κ3) is 7.40. The van der Waals surface area contributed by atoms with E-state index in [0.29, 0.717) is 11.4 Å². The Morgan fingerprint density at radius 1 is 1.03 bits per heavy atom. The predicted molar refractivity (Wildman–Crippen MR) is 122 cm³/mol. The fraction of sp³-hybridized carbons (Fsp3) is 0.391. The van der Waals surface area contributed by atoms with Gasteiger partial charge in [0.1, 0.15) is 21.6 Å². The lowest BCUT2D eigenvalue weighted by Crippen LogP contribution is -2.44. The van der Waals surface area contributed by atoms with E-state index in [4.69, 9.17) is 4.74 Å². The number of methoxy groups -OCH3 is 1. The van der Waals surface area contributed by atoms with Gasteiger partial charge in [0.15, 0.2) is 0 Å². The van der Waals surface area contributed by atoms with Crippen LogP contribution in [0.3, 0.4) is 0 Å². The second-order valence-electron chi connectivity index (χ2n) is 8.46. The highest BCUT2D eigenvalue weighted by Crippen LogP contribution is 2.23. The van der Waals surface area contributed by atoms with Crippen molar-refractivity contribution in [1.82, 2.24) is 5.32 Å². The minimum Gasteiger partial charge on any atom is -0.496 e. The zero-order valence-corrected chi connectivity index (χ0v) is 19.4. The molecule has 0 spiro atoms. The molecule has 2 rings (SSSR count). The molecule has 0 radical (unpaired) electrons. The van der Waals surface area contributed by atoms with E-state index >= 15 is 0 Å². The minimum absolute atomic E-state index is 0.0245. The Kier molecular flexibility index (Phi) is 7.84. The molecule has 0 saturated carbocycles. The van der Waals surface area contributed by atoms with Crippen molar-refractivity contribution in [3.8, 4) is 5.75 Å². The number of nitrogens with one attached hydrogen (secondary N) is 2. The molecular formula is C23H30N2O5S. The van der Waals surface area contributed by atoms with Crippen molar-refractivity contribution in [2.45, 2.75) is 38.6 Å². The van der Waals surface area contributed by atoms with Crippen LogP contribution in [0.4, 0.5) is 5.69 Å².